The fraction of sp³-hybridized carbons (Fsp3) is 0.133. The summed E-state index contributed by atoms with van der Waals surface area (Å²) in [5, 5.41) is 8.77. The van der Waals surface area contributed by atoms with Gasteiger partial charge in [-0.25, -0.2) is 0 Å². The molecule has 2 nitrogen and oxygen atoms in total. The third-order valence-electron chi connectivity index (χ3n) is 2.99. The van der Waals surface area contributed by atoms with Crippen LogP contribution in [0.3, 0.4) is 0 Å². The van der Waals surface area contributed by atoms with E-state index in [0.717, 1.165) is 11.1 Å². The van der Waals surface area contributed by atoms with E-state index in [1.165, 1.54) is 0 Å². The predicted octanol–water partition coefficient (Wildman–Crippen LogP) is 2.78. The maximum Gasteiger partial charge on any atom is 0.0991 e. The molecule has 0 aliphatic carbocycles. The van der Waals surface area contributed by atoms with Gasteiger partial charge in [-0.05, 0) is 30.2 Å². The molecule has 0 aliphatic rings. The Labute approximate surface area is 101 Å². The number of nitriles is 1. The first kappa shape index (κ1) is 11.4. The monoisotopic (exact) mass is 222 g/mol. The Kier molecular flexibility index (Phi) is 2.95. The molecule has 0 amide bonds. The van der Waals surface area contributed by atoms with Crippen LogP contribution in [0.15, 0.2) is 54.6 Å². The minimum absolute atomic E-state index is 0.532. The molecule has 0 fully saturated rings. The maximum absolute atomic E-state index is 8.77. The molecule has 0 saturated carbocycles. The van der Waals surface area contributed by atoms with E-state index in [1.807, 2.05) is 49.4 Å². The molecule has 84 valence electrons. The van der Waals surface area contributed by atoms with Gasteiger partial charge in [-0.1, -0.05) is 42.5 Å². The van der Waals surface area contributed by atoms with Gasteiger partial charge < -0.3 is 5.73 Å². The number of nitrogens with zero attached hydrogens (tertiary/aromatic N) is 1. The predicted molar refractivity (Wildman–Crippen MR) is 68.2 cm³/mol. The van der Waals surface area contributed by atoms with Crippen LogP contribution in [0.5, 0.6) is 0 Å². The first-order valence-corrected chi connectivity index (χ1v) is 5.49. The quantitative estimate of drug-likeness (QED) is 0.849. The van der Waals surface area contributed by atoms with Gasteiger partial charge in [0.15, 0.2) is 0 Å². The minimum Gasteiger partial charge on any atom is -0.318 e. The second kappa shape index (κ2) is 4.40. The normalized spacial score (nSPS) is 13.7. The van der Waals surface area contributed by atoms with E-state index in [4.69, 9.17) is 11.0 Å². The summed E-state index contributed by atoms with van der Waals surface area (Å²) >= 11 is 0. The first-order valence-electron chi connectivity index (χ1n) is 5.49. The van der Waals surface area contributed by atoms with Crippen LogP contribution in [0.4, 0.5) is 0 Å². The fourth-order valence-corrected chi connectivity index (χ4v) is 1.84. The number of hydrogen-bond acceptors (Lipinski definition) is 2. The van der Waals surface area contributed by atoms with E-state index in [2.05, 4.69) is 6.07 Å². The highest BCUT2D eigenvalue weighted by atomic mass is 14.7. The van der Waals surface area contributed by atoms with Crippen molar-refractivity contribution in [1.82, 2.24) is 0 Å². The zero-order valence-electron chi connectivity index (χ0n) is 9.72. The zero-order chi connectivity index (χ0) is 12.3. The van der Waals surface area contributed by atoms with Gasteiger partial charge in [0, 0.05) is 0 Å². The lowest BCUT2D eigenvalue weighted by Gasteiger charge is -2.25. The highest BCUT2D eigenvalue weighted by molar-refractivity contribution is 5.40. The molecular weight excluding hydrogens is 208 g/mol. The number of nitrogens with two attached hydrogens (primary N) is 1. The lowest BCUT2D eigenvalue weighted by molar-refractivity contribution is 0.603. The largest absolute Gasteiger partial charge is 0.318 e. The number of rotatable bonds is 2. The third kappa shape index (κ3) is 2.20. The van der Waals surface area contributed by atoms with Gasteiger partial charge in [-0.15, -0.1) is 0 Å². The molecule has 0 radical (unpaired) electrons. The molecule has 0 aliphatic heterocycles. The smallest absolute Gasteiger partial charge is 0.0991 e. The highest BCUT2D eigenvalue weighted by Gasteiger charge is 2.22. The van der Waals surface area contributed by atoms with E-state index in [-0.39, 0.29) is 0 Å². The molecule has 2 aromatic carbocycles. The van der Waals surface area contributed by atoms with Crippen LogP contribution in [0.2, 0.25) is 0 Å². The summed E-state index contributed by atoms with van der Waals surface area (Å²) in [7, 11) is 0. The van der Waals surface area contributed by atoms with Crippen LogP contribution in [0, 0.1) is 11.3 Å². The van der Waals surface area contributed by atoms with Crippen molar-refractivity contribution in [1.29, 1.82) is 5.26 Å². The van der Waals surface area contributed by atoms with Crippen molar-refractivity contribution in [3.63, 3.8) is 0 Å². The van der Waals surface area contributed by atoms with Crippen LogP contribution in [-0.2, 0) is 5.54 Å². The summed E-state index contributed by atoms with van der Waals surface area (Å²) in [5.41, 5.74) is 8.55. The standard InChI is InChI=1S/C15H14N2/c1-15(17,13-5-3-2-4-6-13)14-9-7-12(11-16)8-10-14/h2-10H,17H2,1H3. The van der Waals surface area contributed by atoms with Crippen LogP contribution in [0.25, 0.3) is 0 Å². The van der Waals surface area contributed by atoms with E-state index in [0.29, 0.717) is 5.56 Å². The number of hydrogen-bond donors (Lipinski definition) is 1. The van der Waals surface area contributed by atoms with Gasteiger partial charge in [0.2, 0.25) is 0 Å². The van der Waals surface area contributed by atoms with Crippen molar-refractivity contribution in [2.24, 2.45) is 5.73 Å². The molecule has 0 heterocycles. The topological polar surface area (TPSA) is 49.8 Å². The molecule has 2 N–H and O–H groups in total. The van der Waals surface area contributed by atoms with Crippen molar-refractivity contribution in [3.05, 3.63) is 71.3 Å². The van der Waals surface area contributed by atoms with Crippen molar-refractivity contribution in [3.8, 4) is 6.07 Å². The Morgan fingerprint density at radius 2 is 1.47 bits per heavy atom. The molecule has 0 aromatic heterocycles. The molecule has 1 unspecified atom stereocenters. The minimum atomic E-state index is -0.532. The van der Waals surface area contributed by atoms with Gasteiger partial charge in [0.1, 0.15) is 0 Å². The summed E-state index contributed by atoms with van der Waals surface area (Å²) in [6, 6.07) is 19.5. The second-order valence-corrected chi connectivity index (χ2v) is 4.26. The lowest BCUT2D eigenvalue weighted by atomic mass is 9.85. The number of benzene rings is 2. The van der Waals surface area contributed by atoms with Crippen molar-refractivity contribution >= 4 is 0 Å². The molecule has 2 heteroatoms. The van der Waals surface area contributed by atoms with Crippen LogP contribution >= 0.6 is 0 Å². The summed E-state index contributed by atoms with van der Waals surface area (Å²) in [5.74, 6) is 0. The van der Waals surface area contributed by atoms with Crippen LogP contribution < -0.4 is 5.73 Å². The lowest BCUT2D eigenvalue weighted by Crippen LogP contribution is -2.34. The van der Waals surface area contributed by atoms with Gasteiger partial charge in [-0.2, -0.15) is 5.26 Å². The van der Waals surface area contributed by atoms with E-state index >= 15 is 0 Å². The molecule has 17 heavy (non-hydrogen) atoms. The zero-order valence-corrected chi connectivity index (χ0v) is 9.72. The summed E-state index contributed by atoms with van der Waals surface area (Å²) in [6.07, 6.45) is 0. The molecule has 2 rings (SSSR count). The first-order chi connectivity index (χ1) is 8.14. The summed E-state index contributed by atoms with van der Waals surface area (Å²) in [6.45, 7) is 1.98. The molecule has 0 saturated heterocycles. The Morgan fingerprint density at radius 1 is 0.941 bits per heavy atom. The van der Waals surface area contributed by atoms with Gasteiger partial charge >= 0.3 is 0 Å². The highest BCUT2D eigenvalue weighted by Crippen LogP contribution is 2.26. The molecule has 0 spiro atoms. The molecule has 0 bridgehead atoms. The van der Waals surface area contributed by atoms with Crippen molar-refractivity contribution < 1.29 is 0 Å². The Hall–Kier alpha value is -2.11. The summed E-state index contributed by atoms with van der Waals surface area (Å²) < 4.78 is 0. The van der Waals surface area contributed by atoms with E-state index < -0.39 is 5.54 Å². The SMILES string of the molecule is CC(N)(c1ccccc1)c1ccc(C#N)cc1. The van der Waals surface area contributed by atoms with Gasteiger partial charge in [0.25, 0.3) is 0 Å². The van der Waals surface area contributed by atoms with Crippen molar-refractivity contribution in [2.45, 2.75) is 12.5 Å². The van der Waals surface area contributed by atoms with E-state index in [1.54, 1.807) is 12.1 Å². The molecule has 2 aromatic rings. The van der Waals surface area contributed by atoms with Crippen molar-refractivity contribution in [2.75, 3.05) is 0 Å². The average molecular weight is 222 g/mol. The summed E-state index contributed by atoms with van der Waals surface area (Å²) in [4.78, 5) is 0. The Morgan fingerprint density at radius 3 is 2.00 bits per heavy atom. The second-order valence-electron chi connectivity index (χ2n) is 4.26. The van der Waals surface area contributed by atoms with E-state index in [9.17, 15) is 0 Å². The molecular formula is C15H14N2. The van der Waals surface area contributed by atoms with Gasteiger partial charge in [-0.3, -0.25) is 0 Å². The van der Waals surface area contributed by atoms with Gasteiger partial charge in [0.05, 0.1) is 17.2 Å². The maximum atomic E-state index is 8.77. The van der Waals surface area contributed by atoms with Crippen LogP contribution in [-0.4, -0.2) is 0 Å². The fourth-order valence-electron chi connectivity index (χ4n) is 1.84. The Balaban J connectivity index is 2.41. The molecule has 1 atom stereocenters. The van der Waals surface area contributed by atoms with Crippen LogP contribution in [0.1, 0.15) is 23.6 Å². The Bertz CT molecular complexity index is 533. The average Bonchev–Trinajstić information content (AvgIpc) is 2.40. The third-order valence-corrected chi connectivity index (χ3v) is 2.99.